The Bertz CT molecular complexity index is 421. The van der Waals surface area contributed by atoms with Crippen LogP contribution < -0.4 is 5.73 Å². The third kappa shape index (κ3) is 2.08. The van der Waals surface area contributed by atoms with E-state index in [1.165, 1.54) is 5.56 Å². The van der Waals surface area contributed by atoms with Gasteiger partial charge in [0, 0.05) is 6.04 Å². The molecule has 2 nitrogen and oxygen atoms in total. The van der Waals surface area contributed by atoms with Crippen LogP contribution in [-0.4, -0.2) is 0 Å². The van der Waals surface area contributed by atoms with Crippen molar-refractivity contribution in [1.82, 2.24) is 0 Å². The summed E-state index contributed by atoms with van der Waals surface area (Å²) in [5, 5.41) is 9.28. The van der Waals surface area contributed by atoms with Crippen LogP contribution in [0.1, 0.15) is 56.2 Å². The van der Waals surface area contributed by atoms with Crippen molar-refractivity contribution in [2.45, 2.75) is 45.1 Å². The van der Waals surface area contributed by atoms with E-state index < -0.39 is 0 Å². The lowest BCUT2D eigenvalue weighted by molar-refractivity contribution is 0.169. The fraction of sp³-hybridized carbons (Fsp3) is 0.533. The lowest BCUT2D eigenvalue weighted by Gasteiger charge is -2.40. The van der Waals surface area contributed by atoms with Crippen molar-refractivity contribution in [3.05, 3.63) is 35.4 Å². The smallest absolute Gasteiger partial charge is 0.0766 e. The molecule has 1 fully saturated rings. The minimum absolute atomic E-state index is 0.137. The fourth-order valence-corrected chi connectivity index (χ4v) is 2.46. The summed E-state index contributed by atoms with van der Waals surface area (Å²) in [7, 11) is 0. The second-order valence-corrected chi connectivity index (χ2v) is 5.42. The van der Waals surface area contributed by atoms with E-state index in [0.29, 0.717) is 5.92 Å². The number of benzene rings is 1. The monoisotopic (exact) mass is 228 g/mol. The minimum Gasteiger partial charge on any atom is -0.323 e. The lowest BCUT2D eigenvalue weighted by atomic mass is 9.64. The Balaban J connectivity index is 2.20. The maximum atomic E-state index is 9.28. The maximum absolute atomic E-state index is 9.28. The molecular weight excluding hydrogens is 208 g/mol. The molecule has 2 rings (SSSR count). The minimum atomic E-state index is -0.306. The van der Waals surface area contributed by atoms with Gasteiger partial charge in [-0.05, 0) is 29.9 Å². The summed E-state index contributed by atoms with van der Waals surface area (Å²) in [5.41, 5.74) is 8.36. The molecule has 2 N–H and O–H groups in total. The van der Waals surface area contributed by atoms with Gasteiger partial charge in [0.1, 0.15) is 0 Å². The molecule has 0 aromatic heterocycles. The summed E-state index contributed by atoms with van der Waals surface area (Å²) in [6.07, 6.45) is 3.01. The Morgan fingerprint density at radius 3 is 2.06 bits per heavy atom. The Hall–Kier alpha value is -1.33. The van der Waals surface area contributed by atoms with Crippen LogP contribution in [0.3, 0.4) is 0 Å². The predicted molar refractivity (Wildman–Crippen MR) is 69.4 cm³/mol. The maximum Gasteiger partial charge on any atom is 0.0766 e. The molecule has 0 spiro atoms. The molecule has 1 atom stereocenters. The number of hydrogen-bond donors (Lipinski definition) is 1. The predicted octanol–water partition coefficient (Wildman–Crippen LogP) is 3.50. The van der Waals surface area contributed by atoms with Crippen molar-refractivity contribution >= 4 is 0 Å². The first kappa shape index (κ1) is 12.1. The Kier molecular flexibility index (Phi) is 3.22. The Morgan fingerprint density at radius 2 is 1.71 bits per heavy atom. The van der Waals surface area contributed by atoms with Gasteiger partial charge in [0.05, 0.1) is 11.5 Å². The summed E-state index contributed by atoms with van der Waals surface area (Å²) in [6, 6.07) is 10.7. The fourth-order valence-electron chi connectivity index (χ4n) is 2.46. The molecule has 0 amide bonds. The van der Waals surface area contributed by atoms with Gasteiger partial charge in [0.15, 0.2) is 0 Å². The molecule has 0 heterocycles. The average Bonchev–Trinajstić information content (AvgIpc) is 2.28. The van der Waals surface area contributed by atoms with Crippen LogP contribution in [0.25, 0.3) is 0 Å². The molecule has 0 radical (unpaired) electrons. The van der Waals surface area contributed by atoms with Gasteiger partial charge in [-0.25, -0.2) is 0 Å². The molecule has 2 heteroatoms. The van der Waals surface area contributed by atoms with Crippen molar-refractivity contribution in [2.75, 3.05) is 0 Å². The highest BCUT2D eigenvalue weighted by atomic mass is 14.7. The quantitative estimate of drug-likeness (QED) is 0.860. The summed E-state index contributed by atoms with van der Waals surface area (Å²) in [4.78, 5) is 0. The molecule has 1 saturated carbocycles. The first-order valence-corrected chi connectivity index (χ1v) is 6.36. The van der Waals surface area contributed by atoms with Gasteiger partial charge < -0.3 is 5.73 Å². The SMILES string of the molecule is CC(C)c1ccc(C(N)C2(C#N)CCC2)cc1. The normalized spacial score (nSPS) is 19.5. The number of nitrogens with zero attached hydrogens (tertiary/aromatic N) is 1. The highest BCUT2D eigenvalue weighted by Gasteiger charge is 2.43. The van der Waals surface area contributed by atoms with Crippen molar-refractivity contribution < 1.29 is 0 Å². The number of nitriles is 1. The Morgan fingerprint density at radius 1 is 1.18 bits per heavy atom. The number of nitrogens with two attached hydrogens (primary N) is 1. The van der Waals surface area contributed by atoms with Crippen LogP contribution in [0.4, 0.5) is 0 Å². The zero-order valence-corrected chi connectivity index (χ0v) is 10.6. The largest absolute Gasteiger partial charge is 0.323 e. The topological polar surface area (TPSA) is 49.8 Å². The van der Waals surface area contributed by atoms with Gasteiger partial charge in [-0.15, -0.1) is 0 Å². The third-order valence-corrected chi connectivity index (χ3v) is 4.03. The molecule has 1 unspecified atom stereocenters. The zero-order chi connectivity index (χ0) is 12.5. The molecule has 90 valence electrons. The molecule has 1 aromatic rings. The first-order valence-electron chi connectivity index (χ1n) is 6.36. The van der Waals surface area contributed by atoms with E-state index in [9.17, 15) is 5.26 Å². The summed E-state index contributed by atoms with van der Waals surface area (Å²) < 4.78 is 0. The summed E-state index contributed by atoms with van der Waals surface area (Å²) in [6.45, 7) is 4.36. The van der Waals surface area contributed by atoms with E-state index in [0.717, 1.165) is 24.8 Å². The van der Waals surface area contributed by atoms with Crippen LogP contribution in [0.2, 0.25) is 0 Å². The molecule has 1 aromatic carbocycles. The average molecular weight is 228 g/mol. The molecule has 1 aliphatic rings. The van der Waals surface area contributed by atoms with Crippen LogP contribution in [0.5, 0.6) is 0 Å². The Labute approximate surface area is 103 Å². The van der Waals surface area contributed by atoms with Crippen LogP contribution in [-0.2, 0) is 0 Å². The van der Waals surface area contributed by atoms with Gasteiger partial charge >= 0.3 is 0 Å². The van der Waals surface area contributed by atoms with E-state index in [-0.39, 0.29) is 11.5 Å². The van der Waals surface area contributed by atoms with Crippen LogP contribution >= 0.6 is 0 Å². The van der Waals surface area contributed by atoms with Gasteiger partial charge in [0.2, 0.25) is 0 Å². The third-order valence-electron chi connectivity index (χ3n) is 4.03. The zero-order valence-electron chi connectivity index (χ0n) is 10.6. The standard InChI is InChI=1S/C15H20N2/c1-11(2)12-4-6-13(7-5-12)14(17)15(10-16)8-3-9-15/h4-7,11,14H,3,8-9,17H2,1-2H3. The van der Waals surface area contributed by atoms with E-state index in [4.69, 9.17) is 5.73 Å². The molecular formula is C15H20N2. The van der Waals surface area contributed by atoms with Gasteiger partial charge in [-0.3, -0.25) is 0 Å². The second-order valence-electron chi connectivity index (χ2n) is 5.42. The van der Waals surface area contributed by atoms with E-state index >= 15 is 0 Å². The van der Waals surface area contributed by atoms with E-state index in [1.807, 2.05) is 0 Å². The highest BCUT2D eigenvalue weighted by Crippen LogP contribution is 2.48. The van der Waals surface area contributed by atoms with Gasteiger partial charge in [0.25, 0.3) is 0 Å². The molecule has 1 aliphatic carbocycles. The van der Waals surface area contributed by atoms with Crippen LogP contribution in [0.15, 0.2) is 24.3 Å². The van der Waals surface area contributed by atoms with Gasteiger partial charge in [-0.2, -0.15) is 5.26 Å². The number of rotatable bonds is 3. The molecule has 17 heavy (non-hydrogen) atoms. The number of hydrogen-bond acceptors (Lipinski definition) is 2. The second kappa shape index (κ2) is 4.50. The highest BCUT2D eigenvalue weighted by molar-refractivity contribution is 5.30. The van der Waals surface area contributed by atoms with Crippen molar-refractivity contribution in [3.63, 3.8) is 0 Å². The first-order chi connectivity index (χ1) is 8.09. The van der Waals surface area contributed by atoms with E-state index in [1.54, 1.807) is 0 Å². The van der Waals surface area contributed by atoms with Crippen molar-refractivity contribution in [2.24, 2.45) is 11.1 Å². The van der Waals surface area contributed by atoms with Crippen LogP contribution in [0, 0.1) is 16.7 Å². The molecule has 0 saturated heterocycles. The van der Waals surface area contributed by atoms with E-state index in [2.05, 4.69) is 44.2 Å². The molecule has 0 bridgehead atoms. The van der Waals surface area contributed by atoms with Crippen molar-refractivity contribution in [3.8, 4) is 6.07 Å². The summed E-state index contributed by atoms with van der Waals surface area (Å²) in [5.74, 6) is 0.536. The molecule has 0 aliphatic heterocycles. The van der Waals surface area contributed by atoms with Gasteiger partial charge in [-0.1, -0.05) is 44.5 Å². The summed E-state index contributed by atoms with van der Waals surface area (Å²) >= 11 is 0. The lowest BCUT2D eigenvalue weighted by Crippen LogP contribution is -2.39. The van der Waals surface area contributed by atoms with Crippen molar-refractivity contribution in [1.29, 1.82) is 5.26 Å².